The summed E-state index contributed by atoms with van der Waals surface area (Å²) in [6.07, 6.45) is 1.73. The number of hydrogen-bond donors (Lipinski definition) is 2. The van der Waals surface area contributed by atoms with Crippen LogP contribution in [-0.4, -0.2) is 65.7 Å². The minimum absolute atomic E-state index is 0.215. The second-order valence-corrected chi connectivity index (χ2v) is 5.44. The van der Waals surface area contributed by atoms with Crippen molar-refractivity contribution in [1.82, 2.24) is 15.1 Å². The molecule has 110 valence electrons. The molecule has 1 fully saturated rings. The Hall–Kier alpha value is -1.30. The molecule has 6 heteroatoms. The maximum absolute atomic E-state index is 12.2. The fraction of sp³-hybridized carbons (Fsp3) is 0.846. The molecule has 0 bridgehead atoms. The first-order valence-corrected chi connectivity index (χ1v) is 6.80. The highest BCUT2D eigenvalue weighted by Gasteiger charge is 2.48. The minimum Gasteiger partial charge on any atom is -0.479 e. The lowest BCUT2D eigenvalue weighted by Gasteiger charge is -2.34. The number of aliphatic carboxylic acids is 1. The monoisotopic (exact) mass is 271 g/mol. The maximum atomic E-state index is 12.2. The van der Waals surface area contributed by atoms with E-state index < -0.39 is 11.5 Å². The first-order chi connectivity index (χ1) is 8.85. The van der Waals surface area contributed by atoms with Gasteiger partial charge in [0.15, 0.2) is 0 Å². The van der Waals surface area contributed by atoms with E-state index in [9.17, 15) is 14.7 Å². The van der Waals surface area contributed by atoms with E-state index >= 15 is 0 Å². The summed E-state index contributed by atoms with van der Waals surface area (Å²) in [4.78, 5) is 27.2. The number of amides is 2. The first kappa shape index (κ1) is 15.8. The third-order valence-corrected chi connectivity index (χ3v) is 4.15. The van der Waals surface area contributed by atoms with Gasteiger partial charge in [0, 0.05) is 19.1 Å². The van der Waals surface area contributed by atoms with Crippen LogP contribution in [0.3, 0.4) is 0 Å². The highest BCUT2D eigenvalue weighted by molar-refractivity contribution is 5.87. The summed E-state index contributed by atoms with van der Waals surface area (Å²) in [5, 5.41) is 12.3. The standard InChI is InChI=1S/C13H25N3O3/c1-5-13(11(17)18)7-6-8-16(13)12(19)14-9-10(2)15(3)4/h10H,5-9H2,1-4H3,(H,14,19)(H,17,18). The average Bonchev–Trinajstić information content (AvgIpc) is 2.80. The van der Waals surface area contributed by atoms with E-state index in [1.54, 1.807) is 0 Å². The number of rotatable bonds is 5. The Bertz CT molecular complexity index is 346. The molecule has 2 N–H and O–H groups in total. The molecule has 1 rings (SSSR count). The van der Waals surface area contributed by atoms with Gasteiger partial charge in [-0.05, 0) is 40.3 Å². The summed E-state index contributed by atoms with van der Waals surface area (Å²) in [7, 11) is 3.89. The topological polar surface area (TPSA) is 72.9 Å². The number of nitrogens with one attached hydrogen (secondary N) is 1. The van der Waals surface area contributed by atoms with Crippen LogP contribution in [0.5, 0.6) is 0 Å². The molecule has 0 radical (unpaired) electrons. The highest BCUT2D eigenvalue weighted by Crippen LogP contribution is 2.32. The molecule has 19 heavy (non-hydrogen) atoms. The molecule has 1 saturated heterocycles. The van der Waals surface area contributed by atoms with Crippen molar-refractivity contribution in [3.63, 3.8) is 0 Å². The molecule has 0 aliphatic carbocycles. The van der Waals surface area contributed by atoms with Crippen molar-refractivity contribution in [3.05, 3.63) is 0 Å². The lowest BCUT2D eigenvalue weighted by molar-refractivity contribution is -0.148. The predicted octanol–water partition coefficient (Wildman–Crippen LogP) is 0.975. The van der Waals surface area contributed by atoms with Crippen LogP contribution in [0.4, 0.5) is 4.79 Å². The quantitative estimate of drug-likeness (QED) is 0.781. The zero-order valence-corrected chi connectivity index (χ0v) is 12.3. The third-order valence-electron chi connectivity index (χ3n) is 4.15. The molecule has 0 aromatic rings. The Balaban J connectivity index is 2.68. The number of carboxylic acids is 1. The smallest absolute Gasteiger partial charge is 0.329 e. The van der Waals surface area contributed by atoms with Gasteiger partial charge < -0.3 is 20.2 Å². The molecule has 0 aromatic carbocycles. The van der Waals surface area contributed by atoms with Crippen molar-refractivity contribution in [2.45, 2.75) is 44.7 Å². The number of hydrogen-bond acceptors (Lipinski definition) is 3. The molecule has 2 atom stereocenters. The summed E-state index contributed by atoms with van der Waals surface area (Å²) >= 11 is 0. The van der Waals surface area contributed by atoms with E-state index in [1.807, 2.05) is 32.8 Å². The molecule has 2 amide bonds. The SMILES string of the molecule is CCC1(C(=O)O)CCCN1C(=O)NCC(C)N(C)C. The lowest BCUT2D eigenvalue weighted by Crippen LogP contribution is -2.56. The Morgan fingerprint density at radius 2 is 2.11 bits per heavy atom. The van der Waals surface area contributed by atoms with Crippen LogP contribution in [0.15, 0.2) is 0 Å². The molecule has 0 saturated carbocycles. The van der Waals surface area contributed by atoms with Gasteiger partial charge in [-0.1, -0.05) is 6.92 Å². The number of carboxylic acid groups (broad SMARTS) is 1. The number of likely N-dealkylation sites (N-methyl/N-ethyl adjacent to an activating group) is 1. The lowest BCUT2D eigenvalue weighted by atomic mass is 9.93. The average molecular weight is 271 g/mol. The zero-order chi connectivity index (χ0) is 14.6. The van der Waals surface area contributed by atoms with Gasteiger partial charge in [0.05, 0.1) is 0 Å². The normalized spacial score (nSPS) is 24.6. The maximum Gasteiger partial charge on any atom is 0.329 e. The van der Waals surface area contributed by atoms with Crippen molar-refractivity contribution in [3.8, 4) is 0 Å². The molecule has 6 nitrogen and oxygen atoms in total. The van der Waals surface area contributed by atoms with E-state index in [4.69, 9.17) is 0 Å². The number of carbonyl (C=O) groups is 2. The number of urea groups is 1. The third kappa shape index (κ3) is 3.18. The molecule has 1 heterocycles. The Kier molecular flexibility index (Phi) is 5.17. The van der Waals surface area contributed by atoms with Crippen molar-refractivity contribution >= 4 is 12.0 Å². The Labute approximate surface area is 114 Å². The van der Waals surface area contributed by atoms with Crippen molar-refractivity contribution in [1.29, 1.82) is 0 Å². The fourth-order valence-electron chi connectivity index (χ4n) is 2.43. The van der Waals surface area contributed by atoms with Gasteiger partial charge in [0.25, 0.3) is 0 Å². The van der Waals surface area contributed by atoms with Gasteiger partial charge in [0.2, 0.25) is 0 Å². The van der Waals surface area contributed by atoms with Gasteiger partial charge in [-0.2, -0.15) is 0 Å². The van der Waals surface area contributed by atoms with Crippen LogP contribution in [-0.2, 0) is 4.79 Å². The van der Waals surface area contributed by atoms with Crippen LogP contribution in [0.25, 0.3) is 0 Å². The summed E-state index contributed by atoms with van der Waals surface area (Å²) in [5.74, 6) is -0.900. The molecular formula is C13H25N3O3. The zero-order valence-electron chi connectivity index (χ0n) is 12.3. The molecule has 0 spiro atoms. The van der Waals surface area contributed by atoms with E-state index in [-0.39, 0.29) is 12.1 Å². The summed E-state index contributed by atoms with van der Waals surface area (Å²) in [6.45, 7) is 4.86. The second kappa shape index (κ2) is 6.23. The van der Waals surface area contributed by atoms with Crippen molar-refractivity contribution in [2.24, 2.45) is 0 Å². The predicted molar refractivity (Wildman–Crippen MR) is 73.1 cm³/mol. The summed E-state index contributed by atoms with van der Waals surface area (Å²) < 4.78 is 0. The minimum atomic E-state index is -1.02. The fourth-order valence-corrected chi connectivity index (χ4v) is 2.43. The number of likely N-dealkylation sites (tertiary alicyclic amines) is 1. The number of carbonyl (C=O) groups excluding carboxylic acids is 1. The summed E-state index contributed by atoms with van der Waals surface area (Å²) in [5.41, 5.74) is -1.02. The Morgan fingerprint density at radius 3 is 2.58 bits per heavy atom. The summed E-state index contributed by atoms with van der Waals surface area (Å²) in [6, 6.07) is -0.0529. The van der Waals surface area contributed by atoms with Crippen LogP contribution in [0.2, 0.25) is 0 Å². The Morgan fingerprint density at radius 1 is 1.47 bits per heavy atom. The van der Waals surface area contributed by atoms with Gasteiger partial charge in [-0.3, -0.25) is 0 Å². The second-order valence-electron chi connectivity index (χ2n) is 5.44. The van der Waals surface area contributed by atoms with Gasteiger partial charge in [0.1, 0.15) is 5.54 Å². The molecule has 1 aliphatic rings. The number of nitrogens with zero attached hydrogens (tertiary/aromatic N) is 2. The van der Waals surface area contributed by atoms with Crippen LogP contribution in [0.1, 0.15) is 33.1 Å². The first-order valence-electron chi connectivity index (χ1n) is 6.80. The molecule has 2 unspecified atom stereocenters. The van der Waals surface area contributed by atoms with Crippen LogP contribution >= 0.6 is 0 Å². The molecule has 1 aliphatic heterocycles. The highest BCUT2D eigenvalue weighted by atomic mass is 16.4. The largest absolute Gasteiger partial charge is 0.479 e. The van der Waals surface area contributed by atoms with Gasteiger partial charge >= 0.3 is 12.0 Å². The molecular weight excluding hydrogens is 246 g/mol. The van der Waals surface area contributed by atoms with Crippen molar-refractivity contribution in [2.75, 3.05) is 27.2 Å². The van der Waals surface area contributed by atoms with Crippen LogP contribution < -0.4 is 5.32 Å². The van der Waals surface area contributed by atoms with Crippen LogP contribution in [0, 0.1) is 0 Å². The van der Waals surface area contributed by atoms with Gasteiger partial charge in [-0.15, -0.1) is 0 Å². The van der Waals surface area contributed by atoms with Crippen molar-refractivity contribution < 1.29 is 14.7 Å². The van der Waals surface area contributed by atoms with E-state index in [1.165, 1.54) is 4.90 Å². The van der Waals surface area contributed by atoms with E-state index in [2.05, 4.69) is 5.32 Å². The molecule has 0 aromatic heterocycles. The van der Waals surface area contributed by atoms with Gasteiger partial charge in [-0.25, -0.2) is 9.59 Å². The van der Waals surface area contributed by atoms with E-state index in [0.717, 1.165) is 6.42 Å². The van der Waals surface area contributed by atoms with E-state index in [0.29, 0.717) is 25.9 Å².